The number of nitrogens with zero attached hydrogens (tertiary/aromatic N) is 2. The minimum Gasteiger partial charge on any atom is -0.383 e. The van der Waals surface area contributed by atoms with Crippen LogP contribution >= 0.6 is 0 Å². The highest BCUT2D eigenvalue weighted by atomic mass is 16.5. The van der Waals surface area contributed by atoms with E-state index >= 15 is 0 Å². The zero-order chi connectivity index (χ0) is 16.7. The Labute approximate surface area is 139 Å². The predicted octanol–water partition coefficient (Wildman–Crippen LogP) is 2.18. The van der Waals surface area contributed by atoms with Gasteiger partial charge in [-0.05, 0) is 17.9 Å². The molecule has 1 aliphatic rings. The van der Waals surface area contributed by atoms with E-state index in [2.05, 4.69) is 47.5 Å². The largest absolute Gasteiger partial charge is 0.383 e. The van der Waals surface area contributed by atoms with Gasteiger partial charge in [0.15, 0.2) is 0 Å². The molecule has 0 radical (unpaired) electrons. The van der Waals surface area contributed by atoms with Crippen LogP contribution in [0, 0.1) is 5.92 Å². The Morgan fingerprint density at radius 3 is 2.78 bits per heavy atom. The molecule has 23 heavy (non-hydrogen) atoms. The quantitative estimate of drug-likeness (QED) is 0.818. The predicted molar refractivity (Wildman–Crippen MR) is 92.3 cm³/mol. The van der Waals surface area contributed by atoms with Gasteiger partial charge in [-0.15, -0.1) is 0 Å². The van der Waals surface area contributed by atoms with Crippen LogP contribution in [0.15, 0.2) is 30.3 Å². The number of ether oxygens (including phenoxy) is 1. The van der Waals surface area contributed by atoms with Crippen molar-refractivity contribution in [1.29, 1.82) is 0 Å². The van der Waals surface area contributed by atoms with Crippen molar-refractivity contribution in [2.75, 3.05) is 40.4 Å². The SMILES string of the molecule is COCCNC(=O)N(C)C1CCN(Cc2ccccc2)CC1C. The molecule has 1 fully saturated rings. The third-order valence-electron chi connectivity index (χ3n) is 4.59. The molecule has 128 valence electrons. The number of rotatable bonds is 6. The maximum absolute atomic E-state index is 12.2. The average molecular weight is 319 g/mol. The lowest BCUT2D eigenvalue weighted by atomic mass is 9.92. The number of carbonyl (C=O) groups excluding carboxylic acids is 1. The zero-order valence-corrected chi connectivity index (χ0v) is 14.5. The van der Waals surface area contributed by atoms with Crippen LogP contribution in [0.4, 0.5) is 4.79 Å². The molecule has 1 heterocycles. The van der Waals surface area contributed by atoms with Crippen molar-refractivity contribution >= 4 is 6.03 Å². The molecule has 1 aromatic rings. The third kappa shape index (κ3) is 5.22. The van der Waals surface area contributed by atoms with E-state index in [1.54, 1.807) is 7.11 Å². The molecular formula is C18H29N3O2. The molecule has 0 spiro atoms. The Hall–Kier alpha value is -1.59. The van der Waals surface area contributed by atoms with Crippen LogP contribution in [0.5, 0.6) is 0 Å². The topological polar surface area (TPSA) is 44.8 Å². The lowest BCUT2D eigenvalue weighted by molar-refractivity contribution is 0.0883. The first kappa shape index (κ1) is 17.8. The Balaban J connectivity index is 1.82. The fraction of sp³-hybridized carbons (Fsp3) is 0.611. The van der Waals surface area contributed by atoms with Crippen LogP contribution in [-0.2, 0) is 11.3 Å². The molecule has 5 heteroatoms. The number of hydrogen-bond donors (Lipinski definition) is 1. The second-order valence-corrected chi connectivity index (χ2v) is 6.39. The number of likely N-dealkylation sites (tertiary alicyclic amines) is 1. The van der Waals surface area contributed by atoms with E-state index in [-0.39, 0.29) is 6.03 Å². The third-order valence-corrected chi connectivity index (χ3v) is 4.59. The summed E-state index contributed by atoms with van der Waals surface area (Å²) < 4.78 is 4.97. The summed E-state index contributed by atoms with van der Waals surface area (Å²) in [5.41, 5.74) is 1.35. The first-order valence-electron chi connectivity index (χ1n) is 8.37. The number of urea groups is 1. The second-order valence-electron chi connectivity index (χ2n) is 6.39. The van der Waals surface area contributed by atoms with Crippen molar-refractivity contribution < 1.29 is 9.53 Å². The minimum absolute atomic E-state index is 0.00425. The number of nitrogens with one attached hydrogen (secondary N) is 1. The van der Waals surface area contributed by atoms with Gasteiger partial charge in [0.05, 0.1) is 6.61 Å². The second kappa shape index (κ2) is 8.89. The Bertz CT molecular complexity index is 480. The Morgan fingerprint density at radius 2 is 2.13 bits per heavy atom. The van der Waals surface area contributed by atoms with Crippen molar-refractivity contribution in [2.24, 2.45) is 5.92 Å². The van der Waals surface area contributed by atoms with E-state index in [0.717, 1.165) is 26.1 Å². The van der Waals surface area contributed by atoms with Crippen LogP contribution in [0.2, 0.25) is 0 Å². The first-order valence-corrected chi connectivity index (χ1v) is 8.37. The molecule has 0 aliphatic carbocycles. The summed E-state index contributed by atoms with van der Waals surface area (Å²) in [4.78, 5) is 16.5. The molecule has 1 aromatic carbocycles. The normalized spacial score (nSPS) is 21.9. The maximum Gasteiger partial charge on any atom is 0.317 e. The summed E-state index contributed by atoms with van der Waals surface area (Å²) in [5.74, 6) is 0.464. The smallest absolute Gasteiger partial charge is 0.317 e. The summed E-state index contributed by atoms with van der Waals surface area (Å²) in [6, 6.07) is 10.9. The van der Waals surface area contributed by atoms with Crippen LogP contribution in [0.25, 0.3) is 0 Å². The fourth-order valence-corrected chi connectivity index (χ4v) is 3.32. The van der Waals surface area contributed by atoms with Gasteiger partial charge in [-0.3, -0.25) is 4.90 Å². The van der Waals surface area contributed by atoms with E-state index in [1.807, 2.05) is 11.9 Å². The summed E-state index contributed by atoms with van der Waals surface area (Å²) in [7, 11) is 3.54. The van der Waals surface area contributed by atoms with Gasteiger partial charge in [0.2, 0.25) is 0 Å². The van der Waals surface area contributed by atoms with Crippen LogP contribution in [-0.4, -0.2) is 62.3 Å². The van der Waals surface area contributed by atoms with Gasteiger partial charge < -0.3 is 15.0 Å². The van der Waals surface area contributed by atoms with Crippen molar-refractivity contribution in [3.8, 4) is 0 Å². The molecule has 2 atom stereocenters. The van der Waals surface area contributed by atoms with Crippen molar-refractivity contribution in [1.82, 2.24) is 15.1 Å². The molecule has 1 N–H and O–H groups in total. The van der Waals surface area contributed by atoms with Gasteiger partial charge in [0, 0.05) is 46.4 Å². The van der Waals surface area contributed by atoms with Gasteiger partial charge in [-0.2, -0.15) is 0 Å². The summed E-state index contributed by atoms with van der Waals surface area (Å²) in [6.45, 7) is 6.38. The number of hydrogen-bond acceptors (Lipinski definition) is 3. The Morgan fingerprint density at radius 1 is 1.39 bits per heavy atom. The van der Waals surface area contributed by atoms with Gasteiger partial charge in [-0.25, -0.2) is 4.79 Å². The lowest BCUT2D eigenvalue weighted by Gasteiger charge is -2.41. The molecule has 2 amide bonds. The van der Waals surface area contributed by atoms with Gasteiger partial charge in [-0.1, -0.05) is 37.3 Å². The lowest BCUT2D eigenvalue weighted by Crippen LogP contribution is -2.53. The van der Waals surface area contributed by atoms with E-state index in [0.29, 0.717) is 25.1 Å². The number of carbonyl (C=O) groups is 1. The number of piperidine rings is 1. The Kier molecular flexibility index (Phi) is 6.86. The first-order chi connectivity index (χ1) is 11.1. The van der Waals surface area contributed by atoms with Gasteiger partial charge in [0.1, 0.15) is 0 Å². The van der Waals surface area contributed by atoms with Gasteiger partial charge in [0.25, 0.3) is 0 Å². The highest BCUT2D eigenvalue weighted by Crippen LogP contribution is 2.22. The average Bonchev–Trinajstić information content (AvgIpc) is 2.55. The van der Waals surface area contributed by atoms with Crippen molar-refractivity contribution in [2.45, 2.75) is 25.9 Å². The van der Waals surface area contributed by atoms with Crippen LogP contribution in [0.1, 0.15) is 18.9 Å². The molecule has 2 rings (SSSR count). The summed E-state index contributed by atoms with van der Waals surface area (Å²) >= 11 is 0. The molecule has 0 aromatic heterocycles. The zero-order valence-electron chi connectivity index (χ0n) is 14.5. The summed E-state index contributed by atoms with van der Waals surface area (Å²) in [6.07, 6.45) is 1.02. The number of benzene rings is 1. The van der Waals surface area contributed by atoms with E-state index in [9.17, 15) is 4.79 Å². The molecule has 5 nitrogen and oxygen atoms in total. The number of methoxy groups -OCH3 is 1. The highest BCUT2D eigenvalue weighted by molar-refractivity contribution is 5.74. The van der Waals surface area contributed by atoms with Crippen molar-refractivity contribution in [3.05, 3.63) is 35.9 Å². The minimum atomic E-state index is -0.00425. The standard InChI is InChI=1S/C18H29N3O2/c1-15-13-21(14-16-7-5-4-6-8-16)11-9-17(15)20(2)18(22)19-10-12-23-3/h4-8,15,17H,9-14H2,1-3H3,(H,19,22). The highest BCUT2D eigenvalue weighted by Gasteiger charge is 2.30. The van der Waals surface area contributed by atoms with E-state index in [1.165, 1.54) is 5.56 Å². The molecule has 0 saturated carbocycles. The molecule has 0 bridgehead atoms. The molecule has 1 saturated heterocycles. The van der Waals surface area contributed by atoms with Crippen molar-refractivity contribution in [3.63, 3.8) is 0 Å². The fourth-order valence-electron chi connectivity index (χ4n) is 3.32. The monoisotopic (exact) mass is 319 g/mol. The molecule has 1 aliphatic heterocycles. The maximum atomic E-state index is 12.2. The van der Waals surface area contributed by atoms with E-state index < -0.39 is 0 Å². The van der Waals surface area contributed by atoms with Crippen LogP contribution < -0.4 is 5.32 Å². The van der Waals surface area contributed by atoms with Crippen LogP contribution in [0.3, 0.4) is 0 Å². The summed E-state index contributed by atoms with van der Waals surface area (Å²) in [5, 5.41) is 2.90. The molecule has 2 unspecified atom stereocenters. The van der Waals surface area contributed by atoms with E-state index in [4.69, 9.17) is 4.74 Å². The molecular weight excluding hydrogens is 290 g/mol. The number of amides is 2. The van der Waals surface area contributed by atoms with Gasteiger partial charge >= 0.3 is 6.03 Å².